The fraction of sp³-hybridized carbons (Fsp3) is 0. The molecule has 0 aliphatic carbocycles. The summed E-state index contributed by atoms with van der Waals surface area (Å²) in [6.45, 7) is 0. The third kappa shape index (κ3) is 1.68. The van der Waals surface area contributed by atoms with E-state index in [1.54, 1.807) is 0 Å². The van der Waals surface area contributed by atoms with E-state index in [2.05, 4.69) is 16.2 Å². The van der Waals surface area contributed by atoms with Gasteiger partial charge in [-0.2, -0.15) is 0 Å². The summed E-state index contributed by atoms with van der Waals surface area (Å²) in [5.41, 5.74) is 0. The van der Waals surface area contributed by atoms with Crippen LogP contribution in [0.5, 0.6) is 0 Å². The molecule has 0 saturated carbocycles. The van der Waals surface area contributed by atoms with Crippen molar-refractivity contribution in [1.29, 1.82) is 0 Å². The molecule has 0 amide bonds. The third-order valence-corrected chi connectivity index (χ3v) is 0.331. The average Bonchev–Trinajstić information content (AvgIpc) is 1.76. The van der Waals surface area contributed by atoms with Crippen molar-refractivity contribution in [2.75, 3.05) is 0 Å². The molecule has 0 aliphatic rings. The summed E-state index contributed by atoms with van der Waals surface area (Å²) in [6, 6.07) is 0. The van der Waals surface area contributed by atoms with E-state index in [1.165, 1.54) is 12.5 Å². The Morgan fingerprint density at radius 2 is 2.50 bits per heavy atom. The van der Waals surface area contributed by atoms with Crippen molar-refractivity contribution >= 4 is 0 Å². The number of nitrogens with zero attached hydrogens (tertiary/aromatic N) is 2. The molecule has 0 saturated heterocycles. The zero-order valence-electron chi connectivity index (χ0n) is 3.13. The molecule has 6 heavy (non-hydrogen) atoms. The zero-order chi connectivity index (χ0) is 3.54. The zero-order valence-corrected chi connectivity index (χ0v) is 5.96. The van der Waals surface area contributed by atoms with Crippen LogP contribution in [-0.4, -0.2) is 4.98 Å². The van der Waals surface area contributed by atoms with Crippen LogP contribution < -0.4 is 4.98 Å². The van der Waals surface area contributed by atoms with Gasteiger partial charge in [0.05, 0.1) is 0 Å². The fourth-order valence-corrected chi connectivity index (χ4v) is 0.167. The normalized spacial score (nSPS) is 6.67. The molecular weight excluding hydrogens is 153 g/mol. The van der Waals surface area contributed by atoms with Crippen LogP contribution in [0.1, 0.15) is 0 Å². The van der Waals surface area contributed by atoms with Gasteiger partial charge in [-0.05, 0) is 6.20 Å². The molecule has 1 heterocycles. The Hall–Kier alpha value is 0.314. The topological polar surface area (TPSA) is 27.0 Å². The first-order valence-corrected chi connectivity index (χ1v) is 1.29. The van der Waals surface area contributed by atoms with Gasteiger partial charge in [-0.15, -0.1) is 0 Å². The molecule has 0 aromatic carbocycles. The number of hydrogen-bond donors (Lipinski definition) is 0. The van der Waals surface area contributed by atoms with Gasteiger partial charge in [0.25, 0.3) is 0 Å². The minimum absolute atomic E-state index is 0. The Balaban J connectivity index is 0.000000250. The Kier molecular flexibility index (Phi) is 3.69. The summed E-state index contributed by atoms with van der Waals surface area (Å²) < 4.78 is 0. The predicted molar refractivity (Wildman–Crippen MR) is 16.4 cm³/mol. The largest absolute Gasteiger partial charge is 0.449 e. The monoisotopic (exact) mass is 155 g/mol. The van der Waals surface area contributed by atoms with Gasteiger partial charge in [-0.1, -0.05) is 12.5 Å². The quantitative estimate of drug-likeness (QED) is 0.520. The van der Waals surface area contributed by atoms with Gasteiger partial charge in [0.15, 0.2) is 0 Å². The van der Waals surface area contributed by atoms with Crippen molar-refractivity contribution in [2.24, 2.45) is 0 Å². The van der Waals surface area contributed by atoms with Crippen molar-refractivity contribution in [2.45, 2.75) is 0 Å². The van der Waals surface area contributed by atoms with Gasteiger partial charge in [0.1, 0.15) is 0 Å². The summed E-state index contributed by atoms with van der Waals surface area (Å²) in [6.07, 6.45) is 5.46. The number of aromatic nitrogens is 2. The first kappa shape index (κ1) is 6.31. The Labute approximate surface area is 61.2 Å². The molecule has 0 N–H and O–H groups in total. The van der Waals surface area contributed by atoms with E-state index in [4.69, 9.17) is 0 Å². The Morgan fingerprint density at radius 1 is 1.67 bits per heavy atom. The molecule has 0 spiro atoms. The Morgan fingerprint density at radius 3 is 2.67 bits per heavy atom. The number of imidazole rings is 1. The van der Waals surface area contributed by atoms with Crippen LogP contribution in [0.15, 0.2) is 12.5 Å². The summed E-state index contributed by atoms with van der Waals surface area (Å²) in [5, 5.41) is 0. The summed E-state index contributed by atoms with van der Waals surface area (Å²) in [5.74, 6) is 0. The van der Waals surface area contributed by atoms with Gasteiger partial charge in [0, 0.05) is 32.7 Å². The van der Waals surface area contributed by atoms with Gasteiger partial charge < -0.3 is 9.97 Å². The van der Waals surface area contributed by atoms with Crippen LogP contribution >= 0.6 is 0 Å². The molecular formula is C3H2N2Y-. The molecule has 0 atom stereocenters. The van der Waals surface area contributed by atoms with Crippen LogP contribution in [0, 0.1) is 6.20 Å². The molecule has 28 valence electrons. The summed E-state index contributed by atoms with van der Waals surface area (Å²) >= 11 is 0. The standard InChI is InChI=1S/C3H2N2.Y/c1-2-5-3-4-1;/h1,3H;/q-1;. The fourth-order valence-electron chi connectivity index (χ4n) is 0.167. The van der Waals surface area contributed by atoms with Crippen molar-refractivity contribution in [3.63, 3.8) is 0 Å². The maximum Gasteiger partial charge on any atom is 0 e. The molecule has 0 fully saturated rings. The van der Waals surface area contributed by atoms with Gasteiger partial charge in [-0.3, -0.25) is 0 Å². The summed E-state index contributed by atoms with van der Waals surface area (Å²) in [7, 11) is 0. The minimum Gasteiger partial charge on any atom is -0.449 e. The number of rotatable bonds is 0. The average molecular weight is 155 g/mol. The third-order valence-electron chi connectivity index (χ3n) is 0.331. The Bertz CT molecular complexity index is 65.3. The predicted octanol–water partition coefficient (Wildman–Crippen LogP) is -0.164. The van der Waals surface area contributed by atoms with Gasteiger partial charge in [-0.25, -0.2) is 0 Å². The molecule has 0 aliphatic heterocycles. The molecule has 1 aromatic heterocycles. The number of hydrogen-bond acceptors (Lipinski definition) is 1. The van der Waals surface area contributed by atoms with Gasteiger partial charge >= 0.3 is 0 Å². The van der Waals surface area contributed by atoms with E-state index >= 15 is 0 Å². The van der Waals surface area contributed by atoms with Crippen molar-refractivity contribution in [1.82, 2.24) is 9.97 Å². The second-order valence-electron chi connectivity index (χ2n) is 0.652. The van der Waals surface area contributed by atoms with E-state index in [0.717, 1.165) is 0 Å². The summed E-state index contributed by atoms with van der Waals surface area (Å²) in [4.78, 5) is 7.04. The van der Waals surface area contributed by atoms with E-state index in [1.807, 2.05) is 0 Å². The molecule has 1 aromatic rings. The molecule has 0 unspecified atom stereocenters. The van der Waals surface area contributed by atoms with Crippen LogP contribution in [0.25, 0.3) is 0 Å². The van der Waals surface area contributed by atoms with E-state index < -0.39 is 0 Å². The van der Waals surface area contributed by atoms with Gasteiger partial charge in [0.2, 0.25) is 0 Å². The van der Waals surface area contributed by atoms with Crippen molar-refractivity contribution in [3.05, 3.63) is 18.7 Å². The second kappa shape index (κ2) is 3.50. The molecule has 1 rings (SSSR count). The van der Waals surface area contributed by atoms with Crippen molar-refractivity contribution in [3.8, 4) is 0 Å². The van der Waals surface area contributed by atoms with E-state index in [-0.39, 0.29) is 32.7 Å². The van der Waals surface area contributed by atoms with Crippen LogP contribution in [0.3, 0.4) is 0 Å². The molecule has 0 bridgehead atoms. The SMILES string of the molecule is [Y].[c]1cnc[n-]1. The van der Waals surface area contributed by atoms with Crippen LogP contribution in [0.4, 0.5) is 0 Å². The first-order valence-electron chi connectivity index (χ1n) is 1.29. The van der Waals surface area contributed by atoms with Crippen molar-refractivity contribution < 1.29 is 32.7 Å². The van der Waals surface area contributed by atoms with E-state index in [9.17, 15) is 0 Å². The first-order chi connectivity index (χ1) is 2.50. The van der Waals surface area contributed by atoms with Crippen LogP contribution in [-0.2, 0) is 32.7 Å². The van der Waals surface area contributed by atoms with E-state index in [0.29, 0.717) is 0 Å². The second-order valence-corrected chi connectivity index (χ2v) is 0.652. The van der Waals surface area contributed by atoms with Crippen LogP contribution in [0.2, 0.25) is 0 Å². The molecule has 2 nitrogen and oxygen atoms in total. The molecule has 3 heteroatoms. The maximum absolute atomic E-state index is 3.56. The smallest absolute Gasteiger partial charge is 0 e. The molecule has 2 radical (unpaired) electrons. The minimum atomic E-state index is 0. The maximum atomic E-state index is 3.56.